The fourth-order valence-electron chi connectivity index (χ4n) is 2.43. The quantitative estimate of drug-likeness (QED) is 0.875. The maximum absolute atomic E-state index is 12.0. The molecule has 0 saturated carbocycles. The zero-order chi connectivity index (χ0) is 13.2. The Hall–Kier alpha value is -1.36. The largest absolute Gasteiger partial charge is 0.357 e. The van der Waals surface area contributed by atoms with Crippen LogP contribution in [0.1, 0.15) is 26.7 Å². The van der Waals surface area contributed by atoms with E-state index >= 15 is 0 Å². The summed E-state index contributed by atoms with van der Waals surface area (Å²) in [6.45, 7) is 4.89. The molecule has 0 bridgehead atoms. The summed E-state index contributed by atoms with van der Waals surface area (Å²) in [6.07, 6.45) is 4.77. The molecule has 1 aliphatic rings. The van der Waals surface area contributed by atoms with Crippen molar-refractivity contribution in [2.24, 2.45) is 5.41 Å². The Morgan fingerprint density at radius 3 is 2.89 bits per heavy atom. The van der Waals surface area contributed by atoms with E-state index in [9.17, 15) is 4.79 Å². The summed E-state index contributed by atoms with van der Waals surface area (Å²) in [7, 11) is 0. The third-order valence-electron chi connectivity index (χ3n) is 3.85. The third-order valence-corrected chi connectivity index (χ3v) is 4.12. The van der Waals surface area contributed by atoms with Crippen LogP contribution >= 0.6 is 11.6 Å². The zero-order valence-corrected chi connectivity index (χ0v) is 11.3. The molecule has 1 fully saturated rings. The Morgan fingerprint density at radius 1 is 1.56 bits per heavy atom. The van der Waals surface area contributed by atoms with Crippen molar-refractivity contribution in [2.75, 3.05) is 11.9 Å². The minimum absolute atomic E-state index is 0.00776. The number of amides is 1. The van der Waals surface area contributed by atoms with Gasteiger partial charge in [0.15, 0.2) is 0 Å². The van der Waals surface area contributed by atoms with Gasteiger partial charge < -0.3 is 10.6 Å². The highest BCUT2D eigenvalue weighted by Crippen LogP contribution is 2.36. The summed E-state index contributed by atoms with van der Waals surface area (Å²) in [5.74, 6) is 0.522. The Kier molecular flexibility index (Phi) is 3.71. The van der Waals surface area contributed by atoms with E-state index in [-0.39, 0.29) is 17.4 Å². The van der Waals surface area contributed by atoms with Gasteiger partial charge in [0.25, 0.3) is 0 Å². The highest BCUT2D eigenvalue weighted by Gasteiger charge is 2.46. The standard InChI is InChI=1S/C12H17ClN4O/c1-3-12(4-2)6-15-11(18)9(12)17-10-8(13)5-14-7-16-10/h5,7,9H,3-4,6H2,1-2H3,(H,15,18)(H,14,16,17). The molecule has 98 valence electrons. The number of aromatic nitrogens is 2. The van der Waals surface area contributed by atoms with Gasteiger partial charge in [-0.1, -0.05) is 25.4 Å². The molecule has 1 unspecified atom stereocenters. The van der Waals surface area contributed by atoms with Crippen molar-refractivity contribution in [3.63, 3.8) is 0 Å². The highest BCUT2D eigenvalue weighted by atomic mass is 35.5. The van der Waals surface area contributed by atoms with Crippen LogP contribution in [0.3, 0.4) is 0 Å². The average molecular weight is 269 g/mol. The van der Waals surface area contributed by atoms with E-state index < -0.39 is 0 Å². The molecule has 18 heavy (non-hydrogen) atoms. The summed E-state index contributed by atoms with van der Waals surface area (Å²) < 4.78 is 0. The fourth-order valence-corrected chi connectivity index (χ4v) is 2.59. The molecule has 1 amide bonds. The molecular formula is C12H17ClN4O. The van der Waals surface area contributed by atoms with E-state index in [2.05, 4.69) is 34.4 Å². The number of carbonyl (C=O) groups is 1. The molecule has 6 heteroatoms. The second-order valence-electron chi connectivity index (χ2n) is 4.58. The van der Waals surface area contributed by atoms with E-state index in [1.165, 1.54) is 12.5 Å². The minimum Gasteiger partial charge on any atom is -0.357 e. The monoisotopic (exact) mass is 268 g/mol. The molecule has 1 aromatic rings. The van der Waals surface area contributed by atoms with Gasteiger partial charge in [-0.05, 0) is 12.8 Å². The summed E-state index contributed by atoms with van der Waals surface area (Å²) >= 11 is 6.01. The van der Waals surface area contributed by atoms with Gasteiger partial charge in [0, 0.05) is 12.0 Å². The van der Waals surface area contributed by atoms with Crippen molar-refractivity contribution in [1.29, 1.82) is 0 Å². The average Bonchev–Trinajstić information content (AvgIpc) is 2.70. The first-order valence-electron chi connectivity index (χ1n) is 6.12. The highest BCUT2D eigenvalue weighted by molar-refractivity contribution is 6.32. The normalized spacial score (nSPS) is 21.7. The lowest BCUT2D eigenvalue weighted by Crippen LogP contribution is -2.41. The first-order chi connectivity index (χ1) is 8.63. The van der Waals surface area contributed by atoms with E-state index in [4.69, 9.17) is 11.6 Å². The molecule has 2 heterocycles. The second kappa shape index (κ2) is 5.10. The van der Waals surface area contributed by atoms with Gasteiger partial charge in [0.1, 0.15) is 23.2 Å². The van der Waals surface area contributed by atoms with E-state index in [0.717, 1.165) is 12.8 Å². The van der Waals surface area contributed by atoms with Crippen LogP contribution in [0.2, 0.25) is 5.02 Å². The molecule has 0 aliphatic carbocycles. The van der Waals surface area contributed by atoms with Crippen molar-refractivity contribution < 1.29 is 4.79 Å². The summed E-state index contributed by atoms with van der Waals surface area (Å²) in [5, 5.41) is 6.50. The van der Waals surface area contributed by atoms with E-state index in [1.807, 2.05) is 0 Å². The maximum Gasteiger partial charge on any atom is 0.243 e. The molecule has 1 saturated heterocycles. The smallest absolute Gasteiger partial charge is 0.243 e. The molecule has 0 radical (unpaired) electrons. The SMILES string of the molecule is CCC1(CC)CNC(=O)C1Nc1ncncc1Cl. The van der Waals surface area contributed by atoms with Gasteiger partial charge in [0.05, 0.1) is 6.20 Å². The Bertz CT molecular complexity index is 447. The third kappa shape index (κ3) is 2.14. The van der Waals surface area contributed by atoms with Gasteiger partial charge in [-0.25, -0.2) is 9.97 Å². The van der Waals surface area contributed by atoms with Crippen molar-refractivity contribution >= 4 is 23.3 Å². The van der Waals surface area contributed by atoms with Gasteiger partial charge in [-0.3, -0.25) is 4.79 Å². The Labute approximate surface area is 111 Å². The topological polar surface area (TPSA) is 66.9 Å². The van der Waals surface area contributed by atoms with Crippen LogP contribution < -0.4 is 10.6 Å². The molecule has 2 N–H and O–H groups in total. The first-order valence-corrected chi connectivity index (χ1v) is 6.50. The molecule has 0 aromatic carbocycles. The Morgan fingerprint density at radius 2 is 2.28 bits per heavy atom. The van der Waals surface area contributed by atoms with Gasteiger partial charge >= 0.3 is 0 Å². The van der Waals surface area contributed by atoms with Crippen LogP contribution in [0.25, 0.3) is 0 Å². The lowest BCUT2D eigenvalue weighted by molar-refractivity contribution is -0.120. The van der Waals surface area contributed by atoms with Crippen molar-refractivity contribution in [3.8, 4) is 0 Å². The fraction of sp³-hybridized carbons (Fsp3) is 0.583. The molecular weight excluding hydrogens is 252 g/mol. The van der Waals surface area contributed by atoms with Crippen LogP contribution in [0, 0.1) is 5.41 Å². The predicted molar refractivity (Wildman–Crippen MR) is 70.5 cm³/mol. The maximum atomic E-state index is 12.0. The van der Waals surface area contributed by atoms with Crippen LogP contribution in [0.15, 0.2) is 12.5 Å². The van der Waals surface area contributed by atoms with E-state index in [1.54, 1.807) is 0 Å². The molecule has 1 atom stereocenters. The van der Waals surface area contributed by atoms with Gasteiger partial charge in [-0.2, -0.15) is 0 Å². The van der Waals surface area contributed by atoms with Gasteiger partial charge in [-0.15, -0.1) is 0 Å². The van der Waals surface area contributed by atoms with Crippen LogP contribution in [0.5, 0.6) is 0 Å². The number of rotatable bonds is 4. The number of carbonyl (C=O) groups excluding carboxylic acids is 1. The van der Waals surface area contributed by atoms with Crippen molar-refractivity contribution in [2.45, 2.75) is 32.7 Å². The minimum atomic E-state index is -0.292. The Balaban J connectivity index is 2.26. The number of nitrogens with one attached hydrogen (secondary N) is 2. The van der Waals surface area contributed by atoms with Crippen molar-refractivity contribution in [3.05, 3.63) is 17.5 Å². The first kappa shape index (κ1) is 13.1. The van der Waals surface area contributed by atoms with Crippen molar-refractivity contribution in [1.82, 2.24) is 15.3 Å². The molecule has 1 aromatic heterocycles. The summed E-state index contributed by atoms with van der Waals surface area (Å²) in [6, 6.07) is -0.292. The van der Waals surface area contributed by atoms with Crippen LogP contribution in [-0.2, 0) is 4.79 Å². The van der Waals surface area contributed by atoms with Gasteiger partial charge in [0.2, 0.25) is 5.91 Å². The molecule has 1 aliphatic heterocycles. The molecule has 5 nitrogen and oxygen atoms in total. The summed E-state index contributed by atoms with van der Waals surface area (Å²) in [5.41, 5.74) is -0.0780. The lowest BCUT2D eigenvalue weighted by atomic mass is 9.78. The summed E-state index contributed by atoms with van der Waals surface area (Å²) in [4.78, 5) is 19.9. The number of nitrogens with zero attached hydrogens (tertiary/aromatic N) is 2. The van der Waals surface area contributed by atoms with Crippen LogP contribution in [-0.4, -0.2) is 28.5 Å². The van der Waals surface area contributed by atoms with Crippen LogP contribution in [0.4, 0.5) is 5.82 Å². The second-order valence-corrected chi connectivity index (χ2v) is 4.99. The molecule has 2 rings (SSSR count). The number of hydrogen-bond donors (Lipinski definition) is 2. The lowest BCUT2D eigenvalue weighted by Gasteiger charge is -2.31. The molecule has 0 spiro atoms. The predicted octanol–water partition coefficient (Wildman–Crippen LogP) is 1.85. The number of hydrogen-bond acceptors (Lipinski definition) is 4. The number of halogens is 1. The zero-order valence-electron chi connectivity index (χ0n) is 10.5. The van der Waals surface area contributed by atoms with E-state index in [0.29, 0.717) is 17.4 Å². The number of anilines is 1.